The zero-order valence-corrected chi connectivity index (χ0v) is 23.8. The van der Waals surface area contributed by atoms with Crippen molar-refractivity contribution in [3.8, 4) is 0 Å². The maximum Gasteiger partial charge on any atom is 0.250 e. The molecule has 1 spiro atoms. The Morgan fingerprint density at radius 2 is 1.75 bits per heavy atom. The molecule has 3 saturated heterocycles. The minimum Gasteiger partial charge on any atom is -0.396 e. The number of carbonyl (C=O) groups excluding carboxylic acids is 3. The van der Waals surface area contributed by atoms with Crippen LogP contribution in [0, 0.1) is 17.8 Å². The van der Waals surface area contributed by atoms with Crippen molar-refractivity contribution in [3.05, 3.63) is 65.2 Å². The molecule has 9 heteroatoms. The number of para-hydroxylation sites is 1. The molecule has 6 atom stereocenters. The van der Waals surface area contributed by atoms with Crippen LogP contribution in [0.3, 0.4) is 0 Å². The van der Waals surface area contributed by atoms with Gasteiger partial charge in [-0.1, -0.05) is 73.8 Å². The SMILES string of the molecule is CC1CC23O[C@]1(C)[C@@H](C(=O)NCc1ccccc1)[C@H]2C(=O)N(CCCCCCO)C3C(=O)Nc1ccccc1Cl. The van der Waals surface area contributed by atoms with Crippen molar-refractivity contribution in [3.63, 3.8) is 0 Å². The quantitative estimate of drug-likeness (QED) is 0.353. The highest BCUT2D eigenvalue weighted by molar-refractivity contribution is 6.33. The molecule has 2 aromatic carbocycles. The average molecular weight is 568 g/mol. The number of anilines is 1. The Kier molecular flexibility index (Phi) is 8.22. The molecule has 3 fully saturated rings. The van der Waals surface area contributed by atoms with Crippen molar-refractivity contribution < 1.29 is 24.2 Å². The van der Waals surface area contributed by atoms with Gasteiger partial charge in [-0.3, -0.25) is 14.4 Å². The van der Waals surface area contributed by atoms with E-state index in [1.165, 1.54) is 0 Å². The van der Waals surface area contributed by atoms with E-state index in [-0.39, 0.29) is 30.2 Å². The van der Waals surface area contributed by atoms with Crippen LogP contribution < -0.4 is 10.6 Å². The van der Waals surface area contributed by atoms with E-state index < -0.39 is 29.1 Å². The van der Waals surface area contributed by atoms with Gasteiger partial charge in [-0.15, -0.1) is 0 Å². The smallest absolute Gasteiger partial charge is 0.250 e. The Morgan fingerprint density at radius 1 is 1.05 bits per heavy atom. The molecule has 3 aliphatic heterocycles. The molecule has 2 aromatic rings. The van der Waals surface area contributed by atoms with Gasteiger partial charge in [0.15, 0.2) is 0 Å². The predicted molar refractivity (Wildman–Crippen MR) is 152 cm³/mol. The number of rotatable bonds is 11. The summed E-state index contributed by atoms with van der Waals surface area (Å²) in [6, 6.07) is 15.7. The van der Waals surface area contributed by atoms with Gasteiger partial charge in [-0.25, -0.2) is 0 Å². The standard InChI is InChI=1S/C31H38ClN3O5/c1-20-18-31-25(24(30(20,2)40-31)27(37)33-19-21-12-6-5-7-13-21)29(39)35(16-10-3-4-11-17-36)26(31)28(38)34-23-15-9-8-14-22(23)32/h5-9,12-15,20,24-26,36H,3-4,10-11,16-19H2,1-2H3,(H,33,37)(H,34,38)/t20?,24-,25+,26?,30+,31?/m1/s1. The summed E-state index contributed by atoms with van der Waals surface area (Å²) in [7, 11) is 0. The topological polar surface area (TPSA) is 108 Å². The Hall–Kier alpha value is -2.94. The summed E-state index contributed by atoms with van der Waals surface area (Å²) in [6.45, 7) is 4.79. The number of hydrogen-bond acceptors (Lipinski definition) is 5. The molecule has 3 aliphatic rings. The highest BCUT2D eigenvalue weighted by atomic mass is 35.5. The first-order chi connectivity index (χ1) is 19.2. The van der Waals surface area contributed by atoms with E-state index >= 15 is 0 Å². The monoisotopic (exact) mass is 567 g/mol. The predicted octanol–water partition coefficient (Wildman–Crippen LogP) is 4.16. The summed E-state index contributed by atoms with van der Waals surface area (Å²) in [6.07, 6.45) is 3.53. The number of nitrogens with zero attached hydrogens (tertiary/aromatic N) is 1. The fourth-order valence-corrected chi connectivity index (χ4v) is 7.27. The summed E-state index contributed by atoms with van der Waals surface area (Å²) in [5.74, 6) is -2.32. The van der Waals surface area contributed by atoms with E-state index in [0.29, 0.717) is 43.1 Å². The average Bonchev–Trinajstić information content (AvgIpc) is 3.45. The van der Waals surface area contributed by atoms with E-state index in [9.17, 15) is 14.4 Å². The maximum atomic E-state index is 14.2. The summed E-state index contributed by atoms with van der Waals surface area (Å²) in [5.41, 5.74) is -0.561. The van der Waals surface area contributed by atoms with Crippen LogP contribution in [0.1, 0.15) is 51.5 Å². The number of amides is 3. The molecule has 3 amide bonds. The Balaban J connectivity index is 1.45. The van der Waals surface area contributed by atoms with Crippen molar-refractivity contribution >= 4 is 35.0 Å². The Labute approximate surface area is 240 Å². The summed E-state index contributed by atoms with van der Waals surface area (Å²) in [4.78, 5) is 43.6. The van der Waals surface area contributed by atoms with Crippen LogP contribution >= 0.6 is 11.6 Å². The molecule has 8 nitrogen and oxygen atoms in total. The first kappa shape index (κ1) is 28.6. The van der Waals surface area contributed by atoms with Crippen LogP contribution in [0.4, 0.5) is 5.69 Å². The van der Waals surface area contributed by atoms with Gasteiger partial charge >= 0.3 is 0 Å². The molecule has 3 unspecified atom stereocenters. The first-order valence-corrected chi connectivity index (χ1v) is 14.6. The number of hydrogen-bond donors (Lipinski definition) is 3. The second kappa shape index (κ2) is 11.5. The molecule has 3 heterocycles. The normalized spacial score (nSPS) is 30.4. The van der Waals surface area contributed by atoms with E-state index in [2.05, 4.69) is 10.6 Å². The van der Waals surface area contributed by atoms with Crippen LogP contribution in [0.5, 0.6) is 0 Å². The van der Waals surface area contributed by atoms with E-state index in [1.54, 1.807) is 29.2 Å². The van der Waals surface area contributed by atoms with Gasteiger partial charge < -0.3 is 25.4 Å². The minimum absolute atomic E-state index is 0.0378. The molecular formula is C31H38ClN3O5. The van der Waals surface area contributed by atoms with E-state index in [4.69, 9.17) is 21.4 Å². The largest absolute Gasteiger partial charge is 0.396 e. The summed E-state index contributed by atoms with van der Waals surface area (Å²) >= 11 is 6.36. The second-order valence-corrected chi connectivity index (χ2v) is 12.0. The number of halogens is 1. The van der Waals surface area contributed by atoms with Gasteiger partial charge in [0, 0.05) is 19.7 Å². The molecule has 40 heavy (non-hydrogen) atoms. The Morgan fingerprint density at radius 3 is 2.48 bits per heavy atom. The molecule has 2 bridgehead atoms. The maximum absolute atomic E-state index is 14.2. The van der Waals surface area contributed by atoms with Gasteiger partial charge in [-0.2, -0.15) is 0 Å². The third kappa shape index (κ3) is 4.91. The van der Waals surface area contributed by atoms with Crippen molar-refractivity contribution in [2.75, 3.05) is 18.5 Å². The number of likely N-dealkylation sites (tertiary alicyclic amines) is 1. The van der Waals surface area contributed by atoms with Crippen LogP contribution in [-0.4, -0.2) is 58.1 Å². The summed E-state index contributed by atoms with van der Waals surface area (Å²) < 4.78 is 6.77. The molecule has 0 radical (unpaired) electrons. The zero-order chi connectivity index (χ0) is 28.5. The molecule has 5 rings (SSSR count). The van der Waals surface area contributed by atoms with Crippen LogP contribution in [-0.2, 0) is 25.7 Å². The number of nitrogens with one attached hydrogen (secondary N) is 2. The van der Waals surface area contributed by atoms with Crippen molar-refractivity contribution in [2.24, 2.45) is 17.8 Å². The molecule has 214 valence electrons. The number of carbonyl (C=O) groups is 3. The van der Waals surface area contributed by atoms with Crippen molar-refractivity contribution in [1.29, 1.82) is 0 Å². The zero-order valence-electron chi connectivity index (χ0n) is 23.1. The number of ether oxygens (including phenoxy) is 1. The number of aliphatic hydroxyl groups is 1. The van der Waals surface area contributed by atoms with Gasteiger partial charge in [0.2, 0.25) is 17.7 Å². The highest BCUT2D eigenvalue weighted by Crippen LogP contribution is 2.65. The third-order valence-electron chi connectivity index (χ3n) is 9.09. The second-order valence-electron chi connectivity index (χ2n) is 11.5. The van der Waals surface area contributed by atoms with E-state index in [0.717, 1.165) is 18.4 Å². The van der Waals surface area contributed by atoms with Crippen molar-refractivity contribution in [2.45, 2.75) is 69.7 Å². The Bertz CT molecular complexity index is 1260. The minimum atomic E-state index is -1.11. The highest BCUT2D eigenvalue weighted by Gasteiger charge is 2.79. The lowest BCUT2D eigenvalue weighted by atomic mass is 9.62. The molecule has 0 aliphatic carbocycles. The van der Waals surface area contributed by atoms with Gasteiger partial charge in [0.1, 0.15) is 11.6 Å². The van der Waals surface area contributed by atoms with Gasteiger partial charge in [0.05, 0.1) is 28.1 Å². The first-order valence-electron chi connectivity index (χ1n) is 14.2. The lowest BCUT2D eigenvalue weighted by Crippen LogP contribution is -2.54. The molecule has 3 N–H and O–H groups in total. The molecule has 0 saturated carbocycles. The van der Waals surface area contributed by atoms with Gasteiger partial charge in [-0.05, 0) is 49.8 Å². The summed E-state index contributed by atoms with van der Waals surface area (Å²) in [5, 5.41) is 15.5. The number of unbranched alkanes of at least 4 members (excludes halogenated alkanes) is 3. The fourth-order valence-electron chi connectivity index (χ4n) is 7.09. The third-order valence-corrected chi connectivity index (χ3v) is 9.42. The van der Waals surface area contributed by atoms with Crippen molar-refractivity contribution in [1.82, 2.24) is 10.2 Å². The lowest BCUT2D eigenvalue weighted by molar-refractivity contribution is -0.146. The number of aliphatic hydroxyl groups excluding tert-OH is 1. The fraction of sp³-hybridized carbons (Fsp3) is 0.516. The van der Waals surface area contributed by atoms with Crippen LogP contribution in [0.25, 0.3) is 0 Å². The van der Waals surface area contributed by atoms with Gasteiger partial charge in [0.25, 0.3) is 0 Å². The van der Waals surface area contributed by atoms with Crippen LogP contribution in [0.2, 0.25) is 5.02 Å². The number of fused-ring (bicyclic) bond motifs is 1. The van der Waals surface area contributed by atoms with Crippen LogP contribution in [0.15, 0.2) is 54.6 Å². The van der Waals surface area contributed by atoms with E-state index in [1.807, 2.05) is 44.2 Å². The lowest BCUT2D eigenvalue weighted by Gasteiger charge is -2.36. The molecule has 0 aromatic heterocycles. The molecular weight excluding hydrogens is 530 g/mol. The number of benzene rings is 2.